The summed E-state index contributed by atoms with van der Waals surface area (Å²) < 4.78 is 25.1. The molecular weight excluding hydrogens is 209 g/mol. The minimum atomic E-state index is -1.26. The summed E-state index contributed by atoms with van der Waals surface area (Å²) in [6.07, 6.45) is 1.44. The molecule has 1 N–H and O–H groups in total. The quantitative estimate of drug-likeness (QED) is 0.789. The highest BCUT2D eigenvalue weighted by Crippen LogP contribution is 2.39. The average molecular weight is 223 g/mol. The molecule has 3 rings (SSSR count). The van der Waals surface area contributed by atoms with Crippen molar-refractivity contribution in [2.75, 3.05) is 19.9 Å². The standard InChI is InChI=1S/C12H14FNO2/c13-12(4-1-5-14-7-12)9-2-3-10-11(6-9)16-8-15-10/h2-3,6,14H,1,4-5,7-8H2. The van der Waals surface area contributed by atoms with E-state index in [2.05, 4.69) is 5.32 Å². The second kappa shape index (κ2) is 3.63. The maximum atomic E-state index is 14.6. The summed E-state index contributed by atoms with van der Waals surface area (Å²) in [5.74, 6) is 1.36. The van der Waals surface area contributed by atoms with Crippen LogP contribution < -0.4 is 14.8 Å². The van der Waals surface area contributed by atoms with Gasteiger partial charge in [-0.05, 0) is 37.1 Å². The second-order valence-corrected chi connectivity index (χ2v) is 4.31. The molecule has 1 aromatic rings. The van der Waals surface area contributed by atoms with Crippen LogP contribution in [0.1, 0.15) is 18.4 Å². The molecule has 0 aliphatic carbocycles. The molecule has 0 spiro atoms. The van der Waals surface area contributed by atoms with Gasteiger partial charge in [-0.15, -0.1) is 0 Å². The molecule has 1 unspecified atom stereocenters. The molecule has 1 fully saturated rings. The highest BCUT2D eigenvalue weighted by molar-refractivity contribution is 5.46. The minimum absolute atomic E-state index is 0.232. The highest BCUT2D eigenvalue weighted by Gasteiger charge is 2.34. The molecule has 0 saturated carbocycles. The van der Waals surface area contributed by atoms with E-state index in [1.165, 1.54) is 0 Å². The molecule has 4 heteroatoms. The Kier molecular flexibility index (Phi) is 2.24. The lowest BCUT2D eigenvalue weighted by Gasteiger charge is -2.30. The third kappa shape index (κ3) is 1.53. The van der Waals surface area contributed by atoms with Crippen LogP contribution in [-0.4, -0.2) is 19.9 Å². The predicted octanol–water partition coefficient (Wildman–Crippen LogP) is 1.96. The van der Waals surface area contributed by atoms with Crippen LogP contribution in [0.3, 0.4) is 0 Å². The number of hydrogen-bond donors (Lipinski definition) is 1. The monoisotopic (exact) mass is 223 g/mol. The minimum Gasteiger partial charge on any atom is -0.454 e. The number of ether oxygens (including phenoxy) is 2. The van der Waals surface area contributed by atoms with Gasteiger partial charge in [-0.25, -0.2) is 4.39 Å². The fraction of sp³-hybridized carbons (Fsp3) is 0.500. The van der Waals surface area contributed by atoms with E-state index in [1.807, 2.05) is 0 Å². The molecule has 86 valence electrons. The molecule has 0 amide bonds. The van der Waals surface area contributed by atoms with Gasteiger partial charge in [0.05, 0.1) is 0 Å². The third-order valence-corrected chi connectivity index (χ3v) is 3.22. The Labute approximate surface area is 93.6 Å². The Hall–Kier alpha value is -1.29. The zero-order valence-corrected chi connectivity index (χ0v) is 8.96. The van der Waals surface area contributed by atoms with Crippen molar-refractivity contribution in [1.82, 2.24) is 5.32 Å². The van der Waals surface area contributed by atoms with Crippen LogP contribution in [-0.2, 0) is 5.67 Å². The Morgan fingerprint density at radius 3 is 2.94 bits per heavy atom. The molecule has 0 bridgehead atoms. The Bertz CT molecular complexity index is 402. The molecule has 2 aliphatic rings. The first kappa shape index (κ1) is 9.90. The summed E-state index contributed by atoms with van der Waals surface area (Å²) in [7, 11) is 0. The van der Waals surface area contributed by atoms with Crippen LogP contribution in [0.25, 0.3) is 0 Å². The zero-order valence-electron chi connectivity index (χ0n) is 8.96. The number of alkyl halides is 1. The molecule has 1 atom stereocenters. The van der Waals surface area contributed by atoms with Gasteiger partial charge in [0.1, 0.15) is 5.67 Å². The highest BCUT2D eigenvalue weighted by atomic mass is 19.1. The number of halogens is 1. The van der Waals surface area contributed by atoms with Crippen molar-refractivity contribution < 1.29 is 13.9 Å². The lowest BCUT2D eigenvalue weighted by molar-refractivity contribution is 0.121. The van der Waals surface area contributed by atoms with E-state index in [0.717, 1.165) is 13.0 Å². The zero-order chi connectivity index (χ0) is 11.0. The van der Waals surface area contributed by atoms with Crippen LogP contribution in [0.5, 0.6) is 11.5 Å². The maximum absolute atomic E-state index is 14.6. The van der Waals surface area contributed by atoms with E-state index in [9.17, 15) is 4.39 Å². The lowest BCUT2D eigenvalue weighted by Crippen LogP contribution is -2.40. The van der Waals surface area contributed by atoms with Gasteiger partial charge in [0.25, 0.3) is 0 Å². The van der Waals surface area contributed by atoms with E-state index < -0.39 is 5.67 Å². The summed E-state index contributed by atoms with van der Waals surface area (Å²) in [6.45, 7) is 1.51. The van der Waals surface area contributed by atoms with E-state index in [4.69, 9.17) is 9.47 Å². The molecule has 1 saturated heterocycles. The number of hydrogen-bond acceptors (Lipinski definition) is 3. The van der Waals surface area contributed by atoms with Gasteiger partial charge in [-0.1, -0.05) is 6.07 Å². The van der Waals surface area contributed by atoms with Gasteiger partial charge in [-0.3, -0.25) is 0 Å². The van der Waals surface area contributed by atoms with Crippen molar-refractivity contribution >= 4 is 0 Å². The Morgan fingerprint density at radius 1 is 1.25 bits per heavy atom. The summed E-state index contributed by atoms with van der Waals surface area (Å²) in [6, 6.07) is 5.34. The van der Waals surface area contributed by atoms with Crippen LogP contribution >= 0.6 is 0 Å². The number of rotatable bonds is 1. The van der Waals surface area contributed by atoms with E-state index in [-0.39, 0.29) is 6.79 Å². The number of nitrogens with one attached hydrogen (secondary N) is 1. The van der Waals surface area contributed by atoms with Crippen molar-refractivity contribution in [2.45, 2.75) is 18.5 Å². The summed E-state index contributed by atoms with van der Waals surface area (Å²) in [5, 5.41) is 3.09. The molecule has 16 heavy (non-hydrogen) atoms. The molecule has 3 nitrogen and oxygen atoms in total. The van der Waals surface area contributed by atoms with Crippen molar-refractivity contribution in [1.29, 1.82) is 0 Å². The Balaban J connectivity index is 1.93. The number of benzene rings is 1. The van der Waals surface area contributed by atoms with E-state index in [0.29, 0.717) is 30.0 Å². The Morgan fingerprint density at radius 2 is 2.12 bits per heavy atom. The van der Waals surface area contributed by atoms with Gasteiger partial charge in [0.15, 0.2) is 11.5 Å². The summed E-state index contributed by atoms with van der Waals surface area (Å²) in [5.41, 5.74) is -0.580. The van der Waals surface area contributed by atoms with E-state index in [1.54, 1.807) is 18.2 Å². The summed E-state index contributed by atoms with van der Waals surface area (Å²) >= 11 is 0. The largest absolute Gasteiger partial charge is 0.454 e. The van der Waals surface area contributed by atoms with E-state index >= 15 is 0 Å². The topological polar surface area (TPSA) is 30.5 Å². The van der Waals surface area contributed by atoms with Crippen molar-refractivity contribution in [2.24, 2.45) is 0 Å². The van der Waals surface area contributed by atoms with Gasteiger partial charge >= 0.3 is 0 Å². The van der Waals surface area contributed by atoms with Gasteiger partial charge in [0.2, 0.25) is 6.79 Å². The van der Waals surface area contributed by atoms with Crippen LogP contribution in [0.4, 0.5) is 4.39 Å². The fourth-order valence-corrected chi connectivity index (χ4v) is 2.29. The summed E-state index contributed by atoms with van der Waals surface area (Å²) in [4.78, 5) is 0. The SMILES string of the molecule is FC1(c2ccc3c(c2)OCO3)CCCNC1. The normalized spacial score (nSPS) is 28.1. The first-order valence-corrected chi connectivity index (χ1v) is 5.58. The van der Waals surface area contributed by atoms with Crippen LogP contribution in [0.15, 0.2) is 18.2 Å². The number of fused-ring (bicyclic) bond motifs is 1. The molecule has 1 aromatic carbocycles. The third-order valence-electron chi connectivity index (χ3n) is 3.22. The van der Waals surface area contributed by atoms with Crippen molar-refractivity contribution in [3.8, 4) is 11.5 Å². The lowest BCUT2D eigenvalue weighted by atomic mass is 9.88. The van der Waals surface area contributed by atoms with Crippen molar-refractivity contribution in [3.63, 3.8) is 0 Å². The van der Waals surface area contributed by atoms with Crippen LogP contribution in [0.2, 0.25) is 0 Å². The fourth-order valence-electron chi connectivity index (χ4n) is 2.29. The maximum Gasteiger partial charge on any atom is 0.231 e. The predicted molar refractivity (Wildman–Crippen MR) is 57.5 cm³/mol. The molecule has 2 heterocycles. The molecule has 2 aliphatic heterocycles. The van der Waals surface area contributed by atoms with Gasteiger partial charge in [-0.2, -0.15) is 0 Å². The molecule has 0 radical (unpaired) electrons. The smallest absolute Gasteiger partial charge is 0.231 e. The van der Waals surface area contributed by atoms with Crippen molar-refractivity contribution in [3.05, 3.63) is 23.8 Å². The van der Waals surface area contributed by atoms with Crippen LogP contribution in [0, 0.1) is 0 Å². The molecular formula is C12H14FNO2. The van der Waals surface area contributed by atoms with Gasteiger partial charge in [0, 0.05) is 6.54 Å². The van der Waals surface area contributed by atoms with Gasteiger partial charge < -0.3 is 14.8 Å². The average Bonchev–Trinajstić information content (AvgIpc) is 2.77. The second-order valence-electron chi connectivity index (χ2n) is 4.31. The first-order chi connectivity index (χ1) is 7.78. The molecule has 0 aromatic heterocycles. The number of piperidine rings is 1. The first-order valence-electron chi connectivity index (χ1n) is 5.58.